The van der Waals surface area contributed by atoms with Gasteiger partial charge in [0.15, 0.2) is 0 Å². The molecule has 3 aromatic carbocycles. The van der Waals surface area contributed by atoms with Crippen molar-refractivity contribution in [2.75, 3.05) is 10.6 Å². The van der Waals surface area contributed by atoms with E-state index in [-0.39, 0.29) is 17.9 Å². The lowest BCUT2D eigenvalue weighted by Gasteiger charge is -2.17. The van der Waals surface area contributed by atoms with Crippen molar-refractivity contribution in [1.82, 2.24) is 0 Å². The van der Waals surface area contributed by atoms with Crippen LogP contribution in [-0.2, 0) is 11.3 Å². The zero-order valence-electron chi connectivity index (χ0n) is 17.0. The van der Waals surface area contributed by atoms with Crippen molar-refractivity contribution in [2.45, 2.75) is 40.3 Å². The number of rotatable bonds is 7. The Bertz CT molecular complexity index is 946. The van der Waals surface area contributed by atoms with Gasteiger partial charge in [0.1, 0.15) is 5.75 Å². The molecule has 0 bridgehead atoms. The Balaban J connectivity index is 1.78. The molecular weight excluding hydrogens is 348 g/mol. The Morgan fingerprint density at radius 3 is 2.25 bits per heavy atom. The smallest absolute Gasteiger partial charge is 0.226 e. The van der Waals surface area contributed by atoms with Crippen LogP contribution in [0.4, 0.5) is 11.4 Å². The lowest BCUT2D eigenvalue weighted by molar-refractivity contribution is -0.118. The number of hydrogen-bond acceptors (Lipinski definition) is 3. The van der Waals surface area contributed by atoms with E-state index in [4.69, 9.17) is 4.74 Å². The summed E-state index contributed by atoms with van der Waals surface area (Å²) in [6.07, 6.45) is 0.115. The SMILES string of the molecule is CC(C)Oc1ccc2ccccc2c1CNc1ccc(NC(=O)C(C)C)cc1. The van der Waals surface area contributed by atoms with E-state index in [9.17, 15) is 4.79 Å². The molecule has 2 N–H and O–H groups in total. The maximum Gasteiger partial charge on any atom is 0.226 e. The fraction of sp³-hybridized carbons (Fsp3) is 0.292. The van der Waals surface area contributed by atoms with Crippen LogP contribution in [0, 0.1) is 5.92 Å². The predicted octanol–water partition coefficient (Wildman–Crippen LogP) is 5.83. The van der Waals surface area contributed by atoms with Crippen LogP contribution in [0.5, 0.6) is 5.75 Å². The number of carbonyl (C=O) groups is 1. The molecule has 0 fully saturated rings. The molecule has 4 heteroatoms. The first-order valence-corrected chi connectivity index (χ1v) is 9.76. The van der Waals surface area contributed by atoms with Crippen molar-refractivity contribution < 1.29 is 9.53 Å². The Morgan fingerprint density at radius 2 is 1.57 bits per heavy atom. The van der Waals surface area contributed by atoms with E-state index < -0.39 is 0 Å². The van der Waals surface area contributed by atoms with Gasteiger partial charge in [0.25, 0.3) is 0 Å². The van der Waals surface area contributed by atoms with Crippen LogP contribution in [0.25, 0.3) is 10.8 Å². The second-order valence-electron chi connectivity index (χ2n) is 7.50. The van der Waals surface area contributed by atoms with Gasteiger partial charge in [-0.05, 0) is 55.0 Å². The first kappa shape index (κ1) is 19.7. The number of nitrogens with one attached hydrogen (secondary N) is 2. The Kier molecular flexibility index (Phi) is 6.19. The van der Waals surface area contributed by atoms with E-state index in [0.717, 1.165) is 22.7 Å². The summed E-state index contributed by atoms with van der Waals surface area (Å²) in [4.78, 5) is 11.8. The van der Waals surface area contributed by atoms with E-state index in [1.165, 1.54) is 10.8 Å². The average Bonchev–Trinajstić information content (AvgIpc) is 2.67. The summed E-state index contributed by atoms with van der Waals surface area (Å²) in [6, 6.07) is 20.3. The third-order valence-electron chi connectivity index (χ3n) is 4.51. The molecule has 0 aliphatic heterocycles. The maximum atomic E-state index is 11.8. The lowest BCUT2D eigenvalue weighted by Crippen LogP contribution is -2.17. The number of hydrogen-bond donors (Lipinski definition) is 2. The van der Waals surface area contributed by atoms with Gasteiger partial charge in [-0.15, -0.1) is 0 Å². The van der Waals surface area contributed by atoms with Gasteiger partial charge in [0, 0.05) is 29.4 Å². The maximum absolute atomic E-state index is 11.8. The fourth-order valence-corrected chi connectivity index (χ4v) is 3.01. The number of carbonyl (C=O) groups excluding carboxylic acids is 1. The molecule has 0 atom stereocenters. The largest absolute Gasteiger partial charge is 0.491 e. The molecule has 3 rings (SSSR count). The summed E-state index contributed by atoms with van der Waals surface area (Å²) in [7, 11) is 0. The Hall–Kier alpha value is -3.01. The summed E-state index contributed by atoms with van der Waals surface area (Å²) in [6.45, 7) is 8.49. The molecular formula is C24H28N2O2. The summed E-state index contributed by atoms with van der Waals surface area (Å²) in [5, 5.41) is 8.77. The second kappa shape index (κ2) is 8.79. The van der Waals surface area contributed by atoms with E-state index in [1.807, 2.05) is 64.1 Å². The normalized spacial score (nSPS) is 11.1. The van der Waals surface area contributed by atoms with Crippen molar-refractivity contribution in [3.63, 3.8) is 0 Å². The van der Waals surface area contributed by atoms with Gasteiger partial charge in [-0.2, -0.15) is 0 Å². The van der Waals surface area contributed by atoms with Gasteiger partial charge in [-0.25, -0.2) is 0 Å². The van der Waals surface area contributed by atoms with Gasteiger partial charge in [0.05, 0.1) is 6.10 Å². The van der Waals surface area contributed by atoms with Crippen LogP contribution in [-0.4, -0.2) is 12.0 Å². The topological polar surface area (TPSA) is 50.4 Å². The van der Waals surface area contributed by atoms with Gasteiger partial charge >= 0.3 is 0 Å². The quantitative estimate of drug-likeness (QED) is 0.545. The average molecular weight is 377 g/mol. The summed E-state index contributed by atoms with van der Waals surface area (Å²) >= 11 is 0. The third-order valence-corrected chi connectivity index (χ3v) is 4.51. The molecule has 1 amide bonds. The summed E-state index contributed by atoms with van der Waals surface area (Å²) < 4.78 is 6.04. The predicted molar refractivity (Wildman–Crippen MR) is 117 cm³/mol. The van der Waals surface area contributed by atoms with Crippen LogP contribution in [0.15, 0.2) is 60.7 Å². The van der Waals surface area contributed by atoms with Crippen molar-refractivity contribution in [2.24, 2.45) is 5.92 Å². The highest BCUT2D eigenvalue weighted by Gasteiger charge is 2.11. The standard InChI is InChI=1S/C24H28N2O2/c1-16(2)24(27)26-20-12-10-19(11-13-20)25-15-22-21-8-6-5-7-18(21)9-14-23(22)28-17(3)4/h5-14,16-17,25H,15H2,1-4H3,(H,26,27). The van der Waals surface area contributed by atoms with Crippen molar-refractivity contribution in [3.8, 4) is 5.75 Å². The molecule has 0 saturated carbocycles. The van der Waals surface area contributed by atoms with E-state index in [1.54, 1.807) is 0 Å². The molecule has 0 heterocycles. The zero-order valence-corrected chi connectivity index (χ0v) is 17.0. The molecule has 0 aliphatic rings. The molecule has 28 heavy (non-hydrogen) atoms. The van der Waals surface area contributed by atoms with E-state index in [0.29, 0.717) is 6.54 Å². The Morgan fingerprint density at radius 1 is 0.893 bits per heavy atom. The molecule has 0 aromatic heterocycles. The monoisotopic (exact) mass is 376 g/mol. The lowest BCUT2D eigenvalue weighted by atomic mass is 10.0. The van der Waals surface area contributed by atoms with Crippen molar-refractivity contribution in [3.05, 3.63) is 66.2 Å². The molecule has 4 nitrogen and oxygen atoms in total. The molecule has 0 saturated heterocycles. The zero-order chi connectivity index (χ0) is 20.1. The molecule has 146 valence electrons. The van der Waals surface area contributed by atoms with E-state index in [2.05, 4.69) is 34.9 Å². The highest BCUT2D eigenvalue weighted by atomic mass is 16.5. The second-order valence-corrected chi connectivity index (χ2v) is 7.50. The number of ether oxygens (including phenoxy) is 1. The number of anilines is 2. The minimum Gasteiger partial charge on any atom is -0.491 e. The van der Waals surface area contributed by atoms with Crippen molar-refractivity contribution >= 4 is 28.1 Å². The minimum atomic E-state index is -0.0384. The van der Waals surface area contributed by atoms with Crippen LogP contribution in [0.3, 0.4) is 0 Å². The number of amides is 1. The summed E-state index contributed by atoms with van der Waals surface area (Å²) in [5.74, 6) is 0.887. The minimum absolute atomic E-state index is 0.0203. The van der Waals surface area contributed by atoms with E-state index >= 15 is 0 Å². The van der Waals surface area contributed by atoms with Gasteiger partial charge in [-0.3, -0.25) is 4.79 Å². The molecule has 0 aliphatic carbocycles. The van der Waals surface area contributed by atoms with Crippen LogP contribution < -0.4 is 15.4 Å². The third kappa shape index (κ3) is 4.83. The highest BCUT2D eigenvalue weighted by molar-refractivity contribution is 5.92. The van der Waals surface area contributed by atoms with Crippen LogP contribution >= 0.6 is 0 Å². The van der Waals surface area contributed by atoms with Gasteiger partial charge < -0.3 is 15.4 Å². The van der Waals surface area contributed by atoms with Crippen molar-refractivity contribution in [1.29, 1.82) is 0 Å². The molecule has 0 spiro atoms. The van der Waals surface area contributed by atoms with Crippen LogP contribution in [0.2, 0.25) is 0 Å². The molecule has 0 unspecified atom stereocenters. The highest BCUT2D eigenvalue weighted by Crippen LogP contribution is 2.30. The van der Waals surface area contributed by atoms with Gasteiger partial charge in [-0.1, -0.05) is 44.2 Å². The first-order valence-electron chi connectivity index (χ1n) is 9.76. The number of benzene rings is 3. The molecule has 3 aromatic rings. The Labute approximate surface area is 166 Å². The molecule has 0 radical (unpaired) electrons. The fourth-order valence-electron chi connectivity index (χ4n) is 3.01. The first-order chi connectivity index (χ1) is 13.4. The summed E-state index contributed by atoms with van der Waals surface area (Å²) in [5.41, 5.74) is 2.94. The van der Waals surface area contributed by atoms with Gasteiger partial charge in [0.2, 0.25) is 5.91 Å². The van der Waals surface area contributed by atoms with Crippen LogP contribution in [0.1, 0.15) is 33.3 Å². The number of fused-ring (bicyclic) bond motifs is 1.